The molecule has 0 aromatic heterocycles. The molecule has 12 heteroatoms. The number of hydrogen-bond donors (Lipinski definition) is 3. The number of carbonyl (C=O) groups excluding carboxylic acids is 3. The Bertz CT molecular complexity index is 1860. The molecule has 0 radical (unpaired) electrons. The third-order valence-corrected chi connectivity index (χ3v) is 14.3. The van der Waals surface area contributed by atoms with Crippen LogP contribution in [-0.2, 0) is 42.9 Å². The van der Waals surface area contributed by atoms with Crippen LogP contribution in [0, 0.1) is 0 Å². The summed E-state index contributed by atoms with van der Waals surface area (Å²) in [6, 6.07) is 0. The van der Waals surface area contributed by atoms with Crippen molar-refractivity contribution in [2.45, 2.75) is 302 Å². The molecule has 472 valence electrons. The molecule has 1 saturated heterocycles. The highest BCUT2D eigenvalue weighted by molar-refractivity contribution is 5.74. The van der Waals surface area contributed by atoms with Crippen LogP contribution in [0.1, 0.15) is 265 Å². The maximum Gasteiger partial charge on any atom is 0.335 e. The maximum atomic E-state index is 13.2. The van der Waals surface area contributed by atoms with Crippen molar-refractivity contribution in [3.63, 3.8) is 0 Å². The molecule has 6 atom stereocenters. The van der Waals surface area contributed by atoms with E-state index in [9.17, 15) is 34.5 Å². The van der Waals surface area contributed by atoms with Gasteiger partial charge < -0.3 is 39.0 Å². The van der Waals surface area contributed by atoms with Crippen LogP contribution >= 0.6 is 0 Å². The Morgan fingerprint density at radius 3 is 1.22 bits per heavy atom. The number of carboxylic acids is 1. The molecular formula is C71H116O12. The molecule has 6 unspecified atom stereocenters. The Kier molecular flexibility index (Phi) is 53.2. The van der Waals surface area contributed by atoms with Gasteiger partial charge in [0.2, 0.25) is 0 Å². The number of carbonyl (C=O) groups is 4. The lowest BCUT2D eigenvalue weighted by molar-refractivity contribution is -0.301. The van der Waals surface area contributed by atoms with Crippen molar-refractivity contribution >= 4 is 23.9 Å². The van der Waals surface area contributed by atoms with E-state index in [4.69, 9.17) is 23.7 Å². The second kappa shape index (κ2) is 57.8. The number of unbranched alkanes of at least 4 members (excludes halogenated alkanes) is 24. The normalized spacial score (nSPS) is 18.3. The van der Waals surface area contributed by atoms with E-state index >= 15 is 0 Å². The number of ether oxygens (including phenoxy) is 5. The van der Waals surface area contributed by atoms with Gasteiger partial charge in [0.25, 0.3) is 0 Å². The lowest BCUT2D eigenvalue weighted by Crippen LogP contribution is -2.61. The Labute approximate surface area is 504 Å². The molecule has 1 aliphatic heterocycles. The molecule has 1 heterocycles. The first kappa shape index (κ1) is 76.4. The van der Waals surface area contributed by atoms with Gasteiger partial charge in [-0.2, -0.15) is 0 Å². The molecule has 1 aliphatic rings. The lowest BCUT2D eigenvalue weighted by Gasteiger charge is -2.40. The highest BCUT2D eigenvalue weighted by Gasteiger charge is 2.50. The Morgan fingerprint density at radius 2 is 0.795 bits per heavy atom. The molecule has 12 nitrogen and oxygen atoms in total. The third-order valence-electron chi connectivity index (χ3n) is 14.3. The zero-order valence-electron chi connectivity index (χ0n) is 52.2. The SMILES string of the molecule is CC/C=C\C/C=C\C/C=C\C/C=C\C/C=C\CC(=O)OC1C(OCC(COC(=O)CCCCCCCCCCC/C=C\C/C=C\CCCCC)OC(=O)CCCCCCCCCCC/C=C\C/C=C\CCCCC)OC(C(=O)O)C(O)C1O. The zero-order chi connectivity index (χ0) is 60.3. The van der Waals surface area contributed by atoms with Crippen molar-refractivity contribution in [1.82, 2.24) is 0 Å². The molecule has 0 amide bonds. The van der Waals surface area contributed by atoms with Gasteiger partial charge in [-0.15, -0.1) is 0 Å². The van der Waals surface area contributed by atoms with E-state index in [1.165, 1.54) is 109 Å². The summed E-state index contributed by atoms with van der Waals surface area (Å²) in [5.74, 6) is -3.29. The number of carboxylic acid groups (broad SMARTS) is 1. The van der Waals surface area contributed by atoms with E-state index in [1.54, 1.807) is 12.2 Å². The van der Waals surface area contributed by atoms with Gasteiger partial charge in [-0.05, 0) is 109 Å². The molecule has 0 bridgehead atoms. The number of aliphatic carboxylic acids is 1. The summed E-state index contributed by atoms with van der Waals surface area (Å²) < 4.78 is 28.4. The number of allylic oxidation sites excluding steroid dienone is 17. The first-order valence-electron chi connectivity index (χ1n) is 32.9. The first-order chi connectivity index (χ1) is 40.6. The molecule has 1 fully saturated rings. The number of hydrogen-bond acceptors (Lipinski definition) is 11. The van der Waals surface area contributed by atoms with Crippen LogP contribution in [0.4, 0.5) is 0 Å². The van der Waals surface area contributed by atoms with Crippen molar-refractivity contribution in [1.29, 1.82) is 0 Å². The zero-order valence-corrected chi connectivity index (χ0v) is 52.2. The van der Waals surface area contributed by atoms with Crippen molar-refractivity contribution in [3.05, 3.63) is 109 Å². The van der Waals surface area contributed by atoms with Crippen LogP contribution in [0.2, 0.25) is 0 Å². The summed E-state index contributed by atoms with van der Waals surface area (Å²) in [7, 11) is 0. The molecular weight excluding hydrogens is 1040 g/mol. The fourth-order valence-corrected chi connectivity index (χ4v) is 9.33. The van der Waals surface area contributed by atoms with Gasteiger partial charge >= 0.3 is 23.9 Å². The Morgan fingerprint density at radius 1 is 0.422 bits per heavy atom. The molecule has 1 rings (SSSR count). The summed E-state index contributed by atoms with van der Waals surface area (Å²) in [4.78, 5) is 51.3. The third kappa shape index (κ3) is 47.3. The Balaban J connectivity index is 2.70. The molecule has 0 spiro atoms. The van der Waals surface area contributed by atoms with E-state index in [0.29, 0.717) is 19.3 Å². The van der Waals surface area contributed by atoms with Gasteiger partial charge in [-0.25, -0.2) is 4.79 Å². The van der Waals surface area contributed by atoms with Crippen LogP contribution in [0.15, 0.2) is 109 Å². The minimum Gasteiger partial charge on any atom is -0.479 e. The number of aliphatic hydroxyl groups is 2. The van der Waals surface area contributed by atoms with E-state index in [0.717, 1.165) is 96.3 Å². The molecule has 3 N–H and O–H groups in total. The highest BCUT2D eigenvalue weighted by atomic mass is 16.7. The van der Waals surface area contributed by atoms with Gasteiger partial charge in [-0.1, -0.05) is 246 Å². The van der Waals surface area contributed by atoms with Crippen molar-refractivity contribution in [2.24, 2.45) is 0 Å². The second-order valence-electron chi connectivity index (χ2n) is 22.0. The minimum absolute atomic E-state index is 0.142. The topological polar surface area (TPSA) is 175 Å². The van der Waals surface area contributed by atoms with Crippen LogP contribution in [0.3, 0.4) is 0 Å². The smallest absolute Gasteiger partial charge is 0.335 e. The van der Waals surface area contributed by atoms with Gasteiger partial charge in [0.15, 0.2) is 24.6 Å². The van der Waals surface area contributed by atoms with E-state index < -0.39 is 67.3 Å². The number of aliphatic hydroxyl groups excluding tert-OH is 2. The quantitative estimate of drug-likeness (QED) is 0.0228. The average Bonchev–Trinajstić information content (AvgIpc) is 3.57. The van der Waals surface area contributed by atoms with Crippen molar-refractivity contribution in [2.75, 3.05) is 13.2 Å². The van der Waals surface area contributed by atoms with Gasteiger partial charge in [0, 0.05) is 12.8 Å². The molecule has 83 heavy (non-hydrogen) atoms. The van der Waals surface area contributed by atoms with E-state index in [-0.39, 0.29) is 25.9 Å². The summed E-state index contributed by atoms with van der Waals surface area (Å²) in [6.07, 6.45) is 66.4. The standard InChI is InChI=1S/C71H116O12/c1-4-7-10-13-16-19-22-25-28-30-32-34-37-39-42-45-48-51-54-57-63(72)79-60-62(81-64(73)58-55-52-49-46-43-41-38-35-33-31-29-26-23-20-17-14-11-8-5-2)61-80-71-69(67(76)66(75)68(83-71)70(77)78)82-65(74)59-56-53-50-47-44-40-36-27-24-21-18-15-12-9-6-3/h9,12,16-21,25-29,36,44,47,53,56,62,66-69,71,75-76H,4-8,10-11,13-15,22-24,30-35,37-43,45-46,48-52,54-55,57-61H2,1-3H3,(H,77,78)/b12-9-,19-16-,20-17-,21-18-,28-25-,29-26-,36-27-,47-44-,56-53-. The van der Waals surface area contributed by atoms with E-state index in [1.807, 2.05) is 12.2 Å². The molecule has 0 aromatic carbocycles. The average molecular weight is 1160 g/mol. The van der Waals surface area contributed by atoms with E-state index in [2.05, 4.69) is 106 Å². The molecule has 0 aromatic rings. The molecule has 0 saturated carbocycles. The van der Waals surface area contributed by atoms with Crippen LogP contribution in [0.25, 0.3) is 0 Å². The molecule has 0 aliphatic carbocycles. The van der Waals surface area contributed by atoms with Gasteiger partial charge in [-0.3, -0.25) is 14.4 Å². The maximum absolute atomic E-state index is 13.2. The predicted molar refractivity (Wildman–Crippen MR) is 340 cm³/mol. The van der Waals surface area contributed by atoms with Crippen LogP contribution < -0.4 is 0 Å². The summed E-state index contributed by atoms with van der Waals surface area (Å²) in [5, 5.41) is 31.5. The van der Waals surface area contributed by atoms with Crippen molar-refractivity contribution < 1.29 is 58.2 Å². The number of esters is 3. The fraction of sp³-hybridized carbons (Fsp3) is 0.690. The first-order valence-corrected chi connectivity index (χ1v) is 32.9. The van der Waals surface area contributed by atoms with Crippen molar-refractivity contribution in [3.8, 4) is 0 Å². The summed E-state index contributed by atoms with van der Waals surface area (Å²) >= 11 is 0. The minimum atomic E-state index is -1.94. The highest BCUT2D eigenvalue weighted by Crippen LogP contribution is 2.26. The fourth-order valence-electron chi connectivity index (χ4n) is 9.33. The second-order valence-corrected chi connectivity index (χ2v) is 22.0. The predicted octanol–water partition coefficient (Wildman–Crippen LogP) is 17.8. The lowest BCUT2D eigenvalue weighted by atomic mass is 9.98. The summed E-state index contributed by atoms with van der Waals surface area (Å²) in [5.41, 5.74) is 0. The van der Waals surface area contributed by atoms with Gasteiger partial charge in [0.05, 0.1) is 13.0 Å². The largest absolute Gasteiger partial charge is 0.479 e. The number of rotatable bonds is 55. The summed E-state index contributed by atoms with van der Waals surface area (Å²) in [6.45, 7) is 5.80. The monoisotopic (exact) mass is 1160 g/mol. The van der Waals surface area contributed by atoms with Crippen LogP contribution in [0.5, 0.6) is 0 Å². The Hall–Kier alpha value is -4.62. The van der Waals surface area contributed by atoms with Gasteiger partial charge in [0.1, 0.15) is 18.8 Å². The van der Waals surface area contributed by atoms with Crippen LogP contribution in [-0.4, -0.2) is 89.2 Å².